The van der Waals surface area contributed by atoms with Crippen molar-refractivity contribution in [3.8, 4) is 0 Å². The molecule has 5 amide bonds. The van der Waals surface area contributed by atoms with Crippen LogP contribution in [0.2, 0.25) is 0 Å². The van der Waals surface area contributed by atoms with E-state index < -0.39 is 55.8 Å². The molecule has 0 radical (unpaired) electrons. The molecule has 0 fully saturated rings. The molecular formula is C19H34N6O7. The normalized spacial score (nSPS) is 11.0. The molecule has 13 nitrogen and oxygen atoms in total. The van der Waals surface area contributed by atoms with Gasteiger partial charge in [-0.05, 0) is 12.3 Å². The Hall–Kier alpha value is -3.22. The van der Waals surface area contributed by atoms with E-state index in [9.17, 15) is 28.8 Å². The van der Waals surface area contributed by atoms with E-state index in [1.807, 2.05) is 6.92 Å². The standard InChI is InChI=1S/C19H34N6O7/c1-4-5-13(2)7-21-15(27)8-22-16(28)9-23-17(29)11-25(12-19(31)32-3)18(30)10-24-14(26)6-20/h13H,4-12,20H2,1-3H3,(H,21,27)(H,22,28)(H,23,29)(H,24,26). The zero-order valence-electron chi connectivity index (χ0n) is 18.8. The minimum absolute atomic E-state index is 0.235. The minimum Gasteiger partial charge on any atom is -0.468 e. The van der Waals surface area contributed by atoms with E-state index in [1.54, 1.807) is 0 Å². The molecule has 0 rings (SSSR count). The first-order chi connectivity index (χ1) is 15.1. The summed E-state index contributed by atoms with van der Waals surface area (Å²) in [6, 6.07) is 0. The highest BCUT2D eigenvalue weighted by Gasteiger charge is 2.21. The second-order valence-corrected chi connectivity index (χ2v) is 7.06. The van der Waals surface area contributed by atoms with Crippen LogP contribution in [0.1, 0.15) is 26.7 Å². The second-order valence-electron chi connectivity index (χ2n) is 7.06. The van der Waals surface area contributed by atoms with Gasteiger partial charge in [-0.2, -0.15) is 0 Å². The van der Waals surface area contributed by atoms with Crippen molar-refractivity contribution in [2.45, 2.75) is 26.7 Å². The van der Waals surface area contributed by atoms with Crippen LogP contribution < -0.4 is 27.0 Å². The lowest BCUT2D eigenvalue weighted by Crippen LogP contribution is -2.49. The summed E-state index contributed by atoms with van der Waals surface area (Å²) in [6.45, 7) is 2.05. The number of hydrogen-bond acceptors (Lipinski definition) is 8. The van der Waals surface area contributed by atoms with Crippen molar-refractivity contribution in [1.29, 1.82) is 0 Å². The molecule has 6 N–H and O–H groups in total. The summed E-state index contributed by atoms with van der Waals surface area (Å²) >= 11 is 0. The molecule has 32 heavy (non-hydrogen) atoms. The molecule has 0 aromatic carbocycles. The second kappa shape index (κ2) is 16.5. The Morgan fingerprint density at radius 2 is 1.41 bits per heavy atom. The number of ether oxygens (including phenoxy) is 1. The number of nitrogens with zero attached hydrogens (tertiary/aromatic N) is 1. The van der Waals surface area contributed by atoms with Crippen LogP contribution in [0.15, 0.2) is 0 Å². The van der Waals surface area contributed by atoms with Gasteiger partial charge in [0.2, 0.25) is 29.5 Å². The Balaban J connectivity index is 4.45. The van der Waals surface area contributed by atoms with E-state index in [1.165, 1.54) is 0 Å². The number of rotatable bonds is 15. The monoisotopic (exact) mass is 458 g/mol. The highest BCUT2D eigenvalue weighted by Crippen LogP contribution is 2.02. The predicted molar refractivity (Wildman–Crippen MR) is 114 cm³/mol. The fourth-order valence-corrected chi connectivity index (χ4v) is 2.41. The largest absolute Gasteiger partial charge is 0.468 e. The zero-order chi connectivity index (χ0) is 24.5. The number of esters is 1. The summed E-state index contributed by atoms with van der Waals surface area (Å²) in [7, 11) is 1.12. The topological polar surface area (TPSA) is 189 Å². The predicted octanol–water partition coefficient (Wildman–Crippen LogP) is -3.15. The lowest BCUT2D eigenvalue weighted by atomic mass is 10.1. The molecule has 0 aliphatic carbocycles. The van der Waals surface area contributed by atoms with E-state index in [2.05, 4.69) is 32.9 Å². The van der Waals surface area contributed by atoms with Gasteiger partial charge in [0.05, 0.1) is 33.3 Å². The van der Waals surface area contributed by atoms with Gasteiger partial charge in [0.1, 0.15) is 13.1 Å². The lowest BCUT2D eigenvalue weighted by Gasteiger charge is -2.21. The molecule has 0 heterocycles. The van der Waals surface area contributed by atoms with Crippen LogP contribution in [0.5, 0.6) is 0 Å². The highest BCUT2D eigenvalue weighted by molar-refractivity contribution is 5.92. The van der Waals surface area contributed by atoms with E-state index in [4.69, 9.17) is 5.73 Å². The summed E-state index contributed by atoms with van der Waals surface area (Å²) in [5, 5.41) is 9.61. The van der Waals surface area contributed by atoms with Crippen molar-refractivity contribution in [3.63, 3.8) is 0 Å². The van der Waals surface area contributed by atoms with E-state index >= 15 is 0 Å². The third-order valence-corrected chi connectivity index (χ3v) is 4.18. The Kier molecular flexibility index (Phi) is 14.8. The molecule has 0 aromatic rings. The smallest absolute Gasteiger partial charge is 0.325 e. The van der Waals surface area contributed by atoms with Gasteiger partial charge in [0.15, 0.2) is 0 Å². The molecule has 0 aromatic heterocycles. The molecule has 182 valence electrons. The van der Waals surface area contributed by atoms with Crippen LogP contribution in [0.4, 0.5) is 0 Å². The van der Waals surface area contributed by atoms with Gasteiger partial charge < -0.3 is 36.6 Å². The van der Waals surface area contributed by atoms with Crippen molar-refractivity contribution in [3.05, 3.63) is 0 Å². The first kappa shape index (κ1) is 28.8. The number of carbonyl (C=O) groups excluding carboxylic acids is 6. The van der Waals surface area contributed by atoms with E-state index in [0.717, 1.165) is 24.9 Å². The molecule has 1 atom stereocenters. The molecule has 0 bridgehead atoms. The summed E-state index contributed by atoms with van der Waals surface area (Å²) in [5.41, 5.74) is 5.13. The minimum atomic E-state index is -0.770. The molecule has 0 aliphatic heterocycles. The van der Waals surface area contributed by atoms with Crippen molar-refractivity contribution >= 4 is 35.5 Å². The Morgan fingerprint density at radius 3 is 1.97 bits per heavy atom. The molecule has 0 saturated heterocycles. The average Bonchev–Trinajstić information content (AvgIpc) is 2.77. The Labute approximate surface area is 187 Å². The van der Waals surface area contributed by atoms with Gasteiger partial charge >= 0.3 is 5.97 Å². The molecule has 0 spiro atoms. The van der Waals surface area contributed by atoms with Gasteiger partial charge in [0.25, 0.3) is 0 Å². The molecule has 0 saturated carbocycles. The van der Waals surface area contributed by atoms with Crippen LogP contribution in [0.25, 0.3) is 0 Å². The molecule has 13 heteroatoms. The molecule has 1 unspecified atom stereocenters. The first-order valence-corrected chi connectivity index (χ1v) is 10.2. The van der Waals surface area contributed by atoms with E-state index in [0.29, 0.717) is 12.5 Å². The summed E-state index contributed by atoms with van der Waals surface area (Å²) < 4.78 is 4.49. The Bertz CT molecular complexity index is 671. The van der Waals surface area contributed by atoms with Crippen molar-refractivity contribution < 1.29 is 33.5 Å². The number of nitrogens with two attached hydrogens (primary N) is 1. The van der Waals surface area contributed by atoms with Crippen molar-refractivity contribution in [2.24, 2.45) is 11.7 Å². The fourth-order valence-electron chi connectivity index (χ4n) is 2.41. The number of nitrogens with one attached hydrogen (secondary N) is 4. The number of amides is 5. The maximum absolute atomic E-state index is 12.2. The third kappa shape index (κ3) is 13.9. The quantitative estimate of drug-likeness (QED) is 0.159. The summed E-state index contributed by atoms with van der Waals surface area (Å²) in [4.78, 5) is 71.4. The van der Waals surface area contributed by atoms with Crippen molar-refractivity contribution in [2.75, 3.05) is 52.9 Å². The fraction of sp³-hybridized carbons (Fsp3) is 0.684. The van der Waals surface area contributed by atoms with Crippen LogP contribution in [0, 0.1) is 5.92 Å². The third-order valence-electron chi connectivity index (χ3n) is 4.18. The number of carbonyl (C=O) groups is 6. The number of hydrogen-bond donors (Lipinski definition) is 5. The summed E-state index contributed by atoms with van der Waals surface area (Å²) in [5.74, 6) is -3.41. The molecular weight excluding hydrogens is 424 g/mol. The summed E-state index contributed by atoms with van der Waals surface area (Å²) in [6.07, 6.45) is 1.99. The van der Waals surface area contributed by atoms with Gasteiger partial charge in [-0.15, -0.1) is 0 Å². The average molecular weight is 459 g/mol. The number of methoxy groups -OCH3 is 1. The molecule has 0 aliphatic rings. The van der Waals surface area contributed by atoms with Crippen LogP contribution in [-0.2, 0) is 33.5 Å². The van der Waals surface area contributed by atoms with Gasteiger partial charge in [-0.3, -0.25) is 28.8 Å². The van der Waals surface area contributed by atoms with Crippen LogP contribution >= 0.6 is 0 Å². The Morgan fingerprint density at radius 1 is 0.844 bits per heavy atom. The lowest BCUT2D eigenvalue weighted by molar-refractivity contribution is -0.148. The highest BCUT2D eigenvalue weighted by atomic mass is 16.5. The van der Waals surface area contributed by atoms with E-state index in [-0.39, 0.29) is 19.0 Å². The van der Waals surface area contributed by atoms with Crippen molar-refractivity contribution in [1.82, 2.24) is 26.2 Å². The maximum atomic E-state index is 12.2. The van der Waals surface area contributed by atoms with Gasteiger partial charge in [-0.25, -0.2) is 0 Å². The van der Waals surface area contributed by atoms with Crippen LogP contribution in [-0.4, -0.2) is 93.3 Å². The van der Waals surface area contributed by atoms with Crippen LogP contribution in [0.3, 0.4) is 0 Å². The first-order valence-electron chi connectivity index (χ1n) is 10.2. The maximum Gasteiger partial charge on any atom is 0.325 e. The van der Waals surface area contributed by atoms with Gasteiger partial charge in [-0.1, -0.05) is 20.3 Å². The zero-order valence-corrected chi connectivity index (χ0v) is 18.8. The SMILES string of the molecule is CCCC(C)CNC(=O)CNC(=O)CNC(=O)CN(CC(=O)OC)C(=O)CNC(=O)CN. The van der Waals surface area contributed by atoms with Gasteiger partial charge in [0, 0.05) is 6.54 Å².